The Hall–Kier alpha value is -14.8. The van der Waals surface area contributed by atoms with E-state index in [2.05, 4.69) is 508 Å². The van der Waals surface area contributed by atoms with Crippen LogP contribution in [-0.4, -0.2) is 15.8 Å². The number of fused-ring (bicyclic) bond motifs is 10. The Bertz CT molecular complexity index is 7020. The van der Waals surface area contributed by atoms with E-state index in [4.69, 9.17) is 0 Å². The highest BCUT2D eigenvalue weighted by atomic mass is 15.2. The minimum Gasteiger partial charge on any atom is -0.310 e. The molecule has 0 bridgehead atoms. The highest BCUT2D eigenvalue weighted by molar-refractivity contribution is 7.00. The summed E-state index contributed by atoms with van der Waals surface area (Å²) < 4.78 is 5.03. The number of para-hydroxylation sites is 6. The van der Waals surface area contributed by atoms with Gasteiger partial charge in [0.1, 0.15) is 0 Å². The Morgan fingerprint density at radius 2 is 0.434 bits per heavy atom. The van der Waals surface area contributed by atoms with Crippen LogP contribution >= 0.6 is 0 Å². The highest BCUT2D eigenvalue weighted by Crippen LogP contribution is 2.56. The standard InChI is InChI=1S/C124H103BN4/c1-121(2,3)94-60-52-81(53-61-94)85-32-24-36-89(72-85)100-44-28-45-101(90-37-25-33-86(73-90)82-54-62-95(63-55-82)122(4,5)6)119(100)128-114-78-98(126-110-48-20-16-40-104(110)105-41-17-21-49-111(105)126)68-70-108(114)125-109-71-69-99(127-112-50-22-18-42-106(112)107-43-19-23-51-113(107)127)79-115(109)129(117-77-93(76-116(128)118(117)125)80-30-14-13-15-31-80)120-102(91-38-26-34-87(74-91)83-56-64-96(65-57-83)123(7,8)9)46-29-47-103(120)92-39-27-35-88(75-92)84-58-66-97(67-59-84)124(10,11)12/h13-79H,1-12H3. The molecule has 622 valence electrons. The van der Waals surface area contributed by atoms with Crippen LogP contribution in [0.1, 0.15) is 105 Å². The van der Waals surface area contributed by atoms with Gasteiger partial charge < -0.3 is 18.9 Å². The van der Waals surface area contributed by atoms with E-state index in [-0.39, 0.29) is 28.4 Å². The Balaban J connectivity index is 0.885. The van der Waals surface area contributed by atoms with Gasteiger partial charge in [0.15, 0.2) is 0 Å². The van der Waals surface area contributed by atoms with E-state index >= 15 is 0 Å². The lowest BCUT2D eigenvalue weighted by molar-refractivity contribution is 0.590. The Morgan fingerprint density at radius 3 is 0.721 bits per heavy atom. The van der Waals surface area contributed by atoms with Crippen molar-refractivity contribution in [2.75, 3.05) is 9.80 Å². The number of hydrogen-bond acceptors (Lipinski definition) is 2. The fourth-order valence-corrected chi connectivity index (χ4v) is 20.5. The zero-order valence-electron chi connectivity index (χ0n) is 75.5. The van der Waals surface area contributed by atoms with Crippen molar-refractivity contribution < 1.29 is 0 Å². The summed E-state index contributed by atoms with van der Waals surface area (Å²) >= 11 is 0. The molecule has 2 aliphatic rings. The summed E-state index contributed by atoms with van der Waals surface area (Å²) in [6, 6.07) is 156. The fraction of sp³-hybridized carbons (Fsp3) is 0.129. The molecule has 129 heavy (non-hydrogen) atoms. The average molecular weight is 1660 g/mol. The van der Waals surface area contributed by atoms with Gasteiger partial charge in [-0.05, 0) is 223 Å². The molecule has 0 N–H and O–H groups in total. The summed E-state index contributed by atoms with van der Waals surface area (Å²) in [4.78, 5) is 5.47. The number of benzene rings is 18. The normalized spacial score (nSPS) is 12.8. The van der Waals surface area contributed by atoms with Gasteiger partial charge in [-0.25, -0.2) is 0 Å². The first-order valence-electron chi connectivity index (χ1n) is 45.7. The SMILES string of the molecule is CC(C)(C)c1ccc(-c2cccc(-c3cccc(-c4cccc(-c5ccc(C(C)(C)C)cc5)c4)c3N3c4cc(-n5c6ccccc6c6ccccc65)ccc4B4c5ccc(-n6c7ccccc7c7ccccc76)cc5N(c5c(-c6cccc(-c7ccc(C(C)(C)C)cc7)c6)cccc5-c5cccc(-c6ccc(C(C)(C)C)cc6)c5)c5cc(-c6ccccc6)cc3c54)c2)cc1. The van der Waals surface area contributed by atoms with Crippen LogP contribution in [0.5, 0.6) is 0 Å². The summed E-state index contributed by atoms with van der Waals surface area (Å²) in [6.07, 6.45) is 0. The molecule has 0 atom stereocenters. The molecule has 22 rings (SSSR count). The maximum atomic E-state index is 2.74. The molecule has 0 unspecified atom stereocenters. The Kier molecular flexibility index (Phi) is 19.3. The van der Waals surface area contributed by atoms with Crippen molar-refractivity contribution in [3.63, 3.8) is 0 Å². The van der Waals surface area contributed by atoms with Gasteiger partial charge in [-0.1, -0.05) is 405 Å². The lowest BCUT2D eigenvalue weighted by Crippen LogP contribution is -2.61. The van der Waals surface area contributed by atoms with Crippen molar-refractivity contribution in [3.05, 3.63) is 429 Å². The van der Waals surface area contributed by atoms with Crippen molar-refractivity contribution >= 4 is 101 Å². The zero-order valence-corrected chi connectivity index (χ0v) is 75.5. The second-order valence-corrected chi connectivity index (χ2v) is 39.7. The summed E-state index contributed by atoms with van der Waals surface area (Å²) in [5.41, 5.74) is 42.3. The van der Waals surface area contributed by atoms with Crippen molar-refractivity contribution in [1.82, 2.24) is 9.13 Å². The summed E-state index contributed by atoms with van der Waals surface area (Å²) in [5.74, 6) is 0. The van der Waals surface area contributed by atoms with E-state index in [9.17, 15) is 0 Å². The lowest BCUT2D eigenvalue weighted by atomic mass is 9.33. The predicted octanol–water partition coefficient (Wildman–Crippen LogP) is 32.2. The van der Waals surface area contributed by atoms with Crippen molar-refractivity contribution in [2.45, 2.75) is 105 Å². The second kappa shape index (κ2) is 31.1. The monoisotopic (exact) mass is 1660 g/mol. The maximum absolute atomic E-state index is 2.74. The molecule has 0 fully saturated rings. The molecule has 0 amide bonds. The van der Waals surface area contributed by atoms with Crippen molar-refractivity contribution in [1.29, 1.82) is 0 Å². The minimum absolute atomic E-state index is 0.0102. The third-order valence-corrected chi connectivity index (χ3v) is 27.4. The third kappa shape index (κ3) is 14.1. The van der Waals surface area contributed by atoms with Gasteiger partial charge in [-0.3, -0.25) is 0 Å². The van der Waals surface area contributed by atoms with Crippen LogP contribution < -0.4 is 26.2 Å². The maximum Gasteiger partial charge on any atom is 0.252 e. The van der Waals surface area contributed by atoms with Crippen molar-refractivity contribution in [3.8, 4) is 112 Å². The molecule has 4 heterocycles. The number of rotatable bonds is 13. The van der Waals surface area contributed by atoms with Gasteiger partial charge in [0.05, 0.1) is 33.4 Å². The molecule has 20 aromatic rings. The van der Waals surface area contributed by atoms with Crippen LogP contribution in [0.2, 0.25) is 0 Å². The van der Waals surface area contributed by atoms with Crippen LogP contribution in [-0.2, 0) is 21.7 Å². The van der Waals surface area contributed by atoms with E-state index < -0.39 is 0 Å². The van der Waals surface area contributed by atoms with Gasteiger partial charge in [-0.2, -0.15) is 0 Å². The molecule has 4 nitrogen and oxygen atoms in total. The minimum atomic E-state index is -0.333. The number of nitrogens with zero attached hydrogens (tertiary/aromatic N) is 4. The largest absolute Gasteiger partial charge is 0.310 e. The summed E-state index contributed by atoms with van der Waals surface area (Å²) in [5, 5.41) is 4.84. The smallest absolute Gasteiger partial charge is 0.252 e. The zero-order chi connectivity index (χ0) is 87.9. The van der Waals surface area contributed by atoms with E-state index in [0.29, 0.717) is 0 Å². The van der Waals surface area contributed by atoms with Gasteiger partial charge in [0, 0.05) is 77.9 Å². The predicted molar refractivity (Wildman–Crippen MR) is 553 cm³/mol. The lowest BCUT2D eigenvalue weighted by Gasteiger charge is -2.46. The van der Waals surface area contributed by atoms with Gasteiger partial charge >= 0.3 is 0 Å². The molecular formula is C124H103BN4. The van der Waals surface area contributed by atoms with E-state index in [1.165, 1.54) is 82.4 Å². The van der Waals surface area contributed by atoms with Crippen LogP contribution in [0.25, 0.3) is 155 Å². The van der Waals surface area contributed by atoms with Gasteiger partial charge in [0.25, 0.3) is 6.71 Å². The first-order chi connectivity index (χ1) is 62.5. The molecule has 2 aliphatic heterocycles. The molecule has 0 saturated carbocycles. The Labute approximate surface area is 759 Å². The Morgan fingerprint density at radius 1 is 0.186 bits per heavy atom. The molecule has 0 spiro atoms. The molecule has 5 heteroatoms. The van der Waals surface area contributed by atoms with Crippen molar-refractivity contribution in [2.24, 2.45) is 0 Å². The number of aromatic nitrogens is 2. The number of anilines is 6. The van der Waals surface area contributed by atoms with Crippen LogP contribution in [0.15, 0.2) is 406 Å². The molecule has 0 aliphatic carbocycles. The highest BCUT2D eigenvalue weighted by Gasteiger charge is 2.46. The summed E-state index contributed by atoms with van der Waals surface area (Å²) in [6.45, 7) is 27.3. The van der Waals surface area contributed by atoms with E-state index in [1.54, 1.807) is 0 Å². The van der Waals surface area contributed by atoms with E-state index in [1.807, 2.05) is 0 Å². The first kappa shape index (κ1) is 80.1. The quantitative estimate of drug-likeness (QED) is 0.107. The summed E-state index contributed by atoms with van der Waals surface area (Å²) in [7, 11) is 0. The van der Waals surface area contributed by atoms with Crippen LogP contribution in [0.3, 0.4) is 0 Å². The molecule has 0 saturated heterocycles. The second-order valence-electron chi connectivity index (χ2n) is 39.7. The molecule has 0 radical (unpaired) electrons. The van der Waals surface area contributed by atoms with Gasteiger partial charge in [0.2, 0.25) is 0 Å². The number of hydrogen-bond donors (Lipinski definition) is 0. The molecule has 18 aromatic carbocycles. The molecule has 2 aromatic heterocycles. The van der Waals surface area contributed by atoms with E-state index in [0.717, 1.165) is 145 Å². The third-order valence-electron chi connectivity index (χ3n) is 27.4. The first-order valence-corrected chi connectivity index (χ1v) is 45.7. The fourth-order valence-electron chi connectivity index (χ4n) is 20.5. The average Bonchev–Trinajstić information content (AvgIpc) is 1.13. The van der Waals surface area contributed by atoms with Crippen LogP contribution in [0.4, 0.5) is 34.1 Å². The van der Waals surface area contributed by atoms with Gasteiger partial charge in [-0.15, -0.1) is 0 Å². The van der Waals surface area contributed by atoms with Crippen LogP contribution in [0, 0.1) is 0 Å². The topological polar surface area (TPSA) is 16.3 Å². The molecular weight excluding hydrogens is 1560 g/mol.